The number of aliphatic hydroxyl groups excluding tert-OH is 1. The van der Waals surface area contributed by atoms with E-state index < -0.39 is 6.61 Å². The molecule has 0 spiro atoms. The summed E-state index contributed by atoms with van der Waals surface area (Å²) in [4.78, 5) is 21.8. The highest BCUT2D eigenvalue weighted by Gasteiger charge is 2.05. The molecule has 0 aliphatic heterocycles. The van der Waals surface area contributed by atoms with Crippen LogP contribution in [0.3, 0.4) is 0 Å². The minimum Gasteiger partial charge on any atom is -0.504 e. The average Bonchev–Trinajstić information content (AvgIpc) is 2.61. The number of Topliss-reactive ketones (excluding diaryl/α,β-unsaturated/α-hetero) is 2. The predicted octanol–water partition coefficient (Wildman–Crippen LogP) is 2.47. The van der Waals surface area contributed by atoms with Crippen molar-refractivity contribution >= 4 is 11.6 Å². The first-order valence-electron chi connectivity index (χ1n) is 7.09. The van der Waals surface area contributed by atoms with Crippen molar-refractivity contribution in [2.75, 3.05) is 20.8 Å². The van der Waals surface area contributed by atoms with Crippen molar-refractivity contribution in [3.63, 3.8) is 0 Å². The highest BCUT2D eigenvalue weighted by Crippen LogP contribution is 2.26. The second kappa shape index (κ2) is 9.32. The molecule has 2 rings (SSSR count). The Morgan fingerprint density at radius 1 is 0.958 bits per heavy atom. The van der Waals surface area contributed by atoms with Gasteiger partial charge in [0, 0.05) is 11.1 Å². The Kier molecular flexibility index (Phi) is 7.45. The molecule has 0 saturated heterocycles. The number of phenolic OH excluding ortho intramolecular Hbond substituents is 1. The third-order valence-electron chi connectivity index (χ3n) is 3.14. The van der Waals surface area contributed by atoms with Crippen LogP contribution in [0.1, 0.15) is 27.6 Å². The van der Waals surface area contributed by atoms with Gasteiger partial charge in [0.25, 0.3) is 0 Å². The van der Waals surface area contributed by atoms with E-state index >= 15 is 0 Å². The van der Waals surface area contributed by atoms with Crippen LogP contribution in [0.5, 0.6) is 17.2 Å². The number of rotatable bonds is 5. The topological polar surface area (TPSA) is 93.1 Å². The summed E-state index contributed by atoms with van der Waals surface area (Å²) in [6.07, 6.45) is 0. The second-order valence-corrected chi connectivity index (χ2v) is 4.75. The number of carbonyl (C=O) groups is 2. The Balaban J connectivity index is 0.000000240. The van der Waals surface area contributed by atoms with Gasteiger partial charge in [-0.25, -0.2) is 0 Å². The zero-order chi connectivity index (χ0) is 18.1. The number of carbonyl (C=O) groups excluding carboxylic acids is 2. The number of benzene rings is 2. The van der Waals surface area contributed by atoms with Gasteiger partial charge in [-0.3, -0.25) is 9.59 Å². The predicted molar refractivity (Wildman–Crippen MR) is 89.1 cm³/mol. The summed E-state index contributed by atoms with van der Waals surface area (Å²) < 4.78 is 9.74. The Hall–Kier alpha value is -2.86. The Morgan fingerprint density at radius 2 is 1.54 bits per heavy atom. The van der Waals surface area contributed by atoms with Crippen molar-refractivity contribution in [1.29, 1.82) is 0 Å². The van der Waals surface area contributed by atoms with Crippen molar-refractivity contribution in [3.05, 3.63) is 53.6 Å². The smallest absolute Gasteiger partial charge is 0.188 e. The summed E-state index contributed by atoms with van der Waals surface area (Å²) in [7, 11) is 3.00. The third kappa shape index (κ3) is 5.40. The van der Waals surface area contributed by atoms with Crippen LogP contribution in [-0.2, 0) is 0 Å². The van der Waals surface area contributed by atoms with Crippen LogP contribution >= 0.6 is 0 Å². The van der Waals surface area contributed by atoms with Crippen LogP contribution in [0.25, 0.3) is 0 Å². The first-order valence-corrected chi connectivity index (χ1v) is 7.09. The van der Waals surface area contributed by atoms with E-state index in [1.54, 1.807) is 37.4 Å². The molecular weight excluding hydrogens is 312 g/mol. The molecule has 0 fully saturated rings. The standard InChI is InChI=1S/2C9H10O3/c1-6(10)7-3-4-8(11)9(5-7)12-2;1-12-8-4-2-7(3-5-8)9(11)6-10/h3-5,11H,1-2H3;2-5,10H,6H2,1H3. The second-order valence-electron chi connectivity index (χ2n) is 4.75. The fraction of sp³-hybridized carbons (Fsp3) is 0.222. The van der Waals surface area contributed by atoms with Crippen molar-refractivity contribution in [1.82, 2.24) is 0 Å². The van der Waals surface area contributed by atoms with E-state index in [0.717, 1.165) is 0 Å². The molecule has 0 aliphatic rings. The van der Waals surface area contributed by atoms with E-state index in [1.165, 1.54) is 26.2 Å². The van der Waals surface area contributed by atoms with Gasteiger partial charge in [0.15, 0.2) is 23.1 Å². The molecule has 0 saturated carbocycles. The first-order chi connectivity index (χ1) is 11.4. The van der Waals surface area contributed by atoms with Crippen LogP contribution in [0.15, 0.2) is 42.5 Å². The Bertz CT molecular complexity index is 691. The molecule has 6 nitrogen and oxygen atoms in total. The van der Waals surface area contributed by atoms with E-state index in [9.17, 15) is 14.7 Å². The van der Waals surface area contributed by atoms with Gasteiger partial charge in [0.2, 0.25) is 0 Å². The summed E-state index contributed by atoms with van der Waals surface area (Å²) in [5.74, 6) is 0.737. The summed E-state index contributed by atoms with van der Waals surface area (Å²) in [5.41, 5.74) is 1.03. The lowest BCUT2D eigenvalue weighted by Gasteiger charge is -2.03. The number of ketones is 2. The van der Waals surface area contributed by atoms with E-state index in [-0.39, 0.29) is 17.3 Å². The molecule has 2 N–H and O–H groups in total. The average molecular weight is 332 g/mol. The fourth-order valence-corrected chi connectivity index (χ4v) is 1.76. The quantitative estimate of drug-likeness (QED) is 0.817. The lowest BCUT2D eigenvalue weighted by molar-refractivity contribution is 0.0903. The molecular formula is C18H20O6. The number of methoxy groups -OCH3 is 2. The van der Waals surface area contributed by atoms with Crippen molar-refractivity contribution in [3.8, 4) is 17.2 Å². The van der Waals surface area contributed by atoms with Gasteiger partial charge < -0.3 is 19.7 Å². The van der Waals surface area contributed by atoms with Gasteiger partial charge in [-0.1, -0.05) is 0 Å². The minimum absolute atomic E-state index is 0.0440. The molecule has 6 heteroatoms. The van der Waals surface area contributed by atoms with Gasteiger partial charge >= 0.3 is 0 Å². The van der Waals surface area contributed by atoms with Gasteiger partial charge in [0.1, 0.15) is 12.4 Å². The largest absolute Gasteiger partial charge is 0.504 e. The maximum Gasteiger partial charge on any atom is 0.188 e. The number of aliphatic hydroxyl groups is 1. The monoisotopic (exact) mass is 332 g/mol. The van der Waals surface area contributed by atoms with E-state index in [2.05, 4.69) is 0 Å². The molecule has 0 unspecified atom stereocenters. The Morgan fingerprint density at radius 3 is 2.00 bits per heavy atom. The van der Waals surface area contributed by atoms with Gasteiger partial charge in [-0.05, 0) is 49.4 Å². The zero-order valence-electron chi connectivity index (χ0n) is 13.8. The molecule has 0 aliphatic carbocycles. The normalized spacial score (nSPS) is 9.50. The number of aromatic hydroxyl groups is 1. The summed E-state index contributed by atoms with van der Waals surface area (Å²) >= 11 is 0. The molecule has 128 valence electrons. The molecule has 0 atom stereocenters. The molecule has 0 amide bonds. The minimum atomic E-state index is -0.452. The third-order valence-corrected chi connectivity index (χ3v) is 3.14. The zero-order valence-corrected chi connectivity index (χ0v) is 13.8. The summed E-state index contributed by atoms with van der Waals surface area (Å²) in [6, 6.07) is 11.1. The maximum absolute atomic E-state index is 10.9. The number of hydrogen-bond donors (Lipinski definition) is 2. The van der Waals surface area contributed by atoms with Crippen LogP contribution in [0.4, 0.5) is 0 Å². The van der Waals surface area contributed by atoms with Crippen LogP contribution in [-0.4, -0.2) is 42.6 Å². The lowest BCUT2D eigenvalue weighted by atomic mass is 10.1. The van der Waals surface area contributed by atoms with E-state index in [0.29, 0.717) is 22.6 Å². The Labute approximate surface area is 140 Å². The highest BCUT2D eigenvalue weighted by molar-refractivity contribution is 5.97. The van der Waals surface area contributed by atoms with Crippen LogP contribution in [0, 0.1) is 0 Å². The molecule has 24 heavy (non-hydrogen) atoms. The van der Waals surface area contributed by atoms with E-state index in [4.69, 9.17) is 14.6 Å². The number of ether oxygens (including phenoxy) is 2. The number of phenols is 1. The highest BCUT2D eigenvalue weighted by atomic mass is 16.5. The molecule has 2 aromatic carbocycles. The van der Waals surface area contributed by atoms with Crippen molar-refractivity contribution in [2.45, 2.75) is 6.92 Å². The number of hydrogen-bond acceptors (Lipinski definition) is 6. The van der Waals surface area contributed by atoms with Gasteiger partial charge in [-0.15, -0.1) is 0 Å². The van der Waals surface area contributed by atoms with Crippen LogP contribution in [0.2, 0.25) is 0 Å². The van der Waals surface area contributed by atoms with Crippen molar-refractivity contribution < 1.29 is 29.3 Å². The first kappa shape index (κ1) is 19.2. The fourth-order valence-electron chi connectivity index (χ4n) is 1.76. The lowest BCUT2D eigenvalue weighted by Crippen LogP contribution is -2.03. The molecule has 0 radical (unpaired) electrons. The molecule has 0 bridgehead atoms. The van der Waals surface area contributed by atoms with Crippen LogP contribution < -0.4 is 9.47 Å². The molecule has 0 aromatic heterocycles. The van der Waals surface area contributed by atoms with Crippen molar-refractivity contribution in [2.24, 2.45) is 0 Å². The summed E-state index contributed by atoms with van der Waals surface area (Å²) in [6.45, 7) is 1.01. The maximum atomic E-state index is 10.9. The van der Waals surface area contributed by atoms with Gasteiger partial charge in [0.05, 0.1) is 14.2 Å². The van der Waals surface area contributed by atoms with E-state index in [1.807, 2.05) is 0 Å². The molecule has 2 aromatic rings. The molecule has 0 heterocycles. The summed E-state index contributed by atoms with van der Waals surface area (Å²) in [5, 5.41) is 17.7. The van der Waals surface area contributed by atoms with Gasteiger partial charge in [-0.2, -0.15) is 0 Å². The SMILES string of the molecule is COc1cc(C(C)=O)ccc1O.COc1ccc(C(=O)CO)cc1.